The Kier molecular flexibility index (Phi) is 3.77. The summed E-state index contributed by atoms with van der Waals surface area (Å²) in [4.78, 5) is 29.9. The number of hydrogen-bond acceptors (Lipinski definition) is 4. The second-order valence-electron chi connectivity index (χ2n) is 4.25. The van der Waals surface area contributed by atoms with E-state index in [2.05, 4.69) is 4.98 Å². The van der Waals surface area contributed by atoms with E-state index in [1.807, 2.05) is 6.07 Å². The van der Waals surface area contributed by atoms with Crippen molar-refractivity contribution in [3.8, 4) is 0 Å². The second-order valence-corrected chi connectivity index (χ2v) is 5.66. The molecular weight excluding hydrogens is 308 g/mol. The summed E-state index contributed by atoms with van der Waals surface area (Å²) in [5.41, 5.74) is 1.17. The van der Waals surface area contributed by atoms with E-state index in [0.717, 1.165) is 22.2 Å². The Morgan fingerprint density at radius 3 is 2.67 bits per heavy atom. The van der Waals surface area contributed by atoms with Crippen LogP contribution in [0.3, 0.4) is 0 Å². The number of para-hydroxylation sites is 1. The van der Waals surface area contributed by atoms with Crippen LogP contribution >= 0.6 is 23.4 Å². The molecule has 0 radical (unpaired) electrons. The topological polar surface area (TPSA) is 50.3 Å². The summed E-state index contributed by atoms with van der Waals surface area (Å²) >= 11 is 6.95. The van der Waals surface area contributed by atoms with Crippen LogP contribution in [0.2, 0.25) is 5.02 Å². The molecule has 0 atom stereocenters. The first-order chi connectivity index (χ1) is 10.2. The minimum Gasteiger partial charge on any atom is -0.268 e. The third-order valence-electron chi connectivity index (χ3n) is 2.87. The number of amides is 2. The number of thioether (sulfide) groups is 1. The molecule has 0 aliphatic carbocycles. The summed E-state index contributed by atoms with van der Waals surface area (Å²) in [6, 6.07) is 10.4. The van der Waals surface area contributed by atoms with Crippen LogP contribution in [0.15, 0.2) is 53.7 Å². The highest BCUT2D eigenvalue weighted by atomic mass is 35.5. The zero-order chi connectivity index (χ0) is 14.8. The second kappa shape index (κ2) is 5.71. The van der Waals surface area contributed by atoms with E-state index in [-0.39, 0.29) is 11.1 Å². The molecule has 1 aliphatic rings. The maximum absolute atomic E-state index is 12.4. The fourth-order valence-corrected chi connectivity index (χ4v) is 2.98. The van der Waals surface area contributed by atoms with Crippen molar-refractivity contribution in [1.82, 2.24) is 4.98 Å². The Morgan fingerprint density at radius 2 is 1.95 bits per heavy atom. The molecule has 2 heterocycles. The van der Waals surface area contributed by atoms with Crippen molar-refractivity contribution in [3.05, 3.63) is 64.3 Å². The van der Waals surface area contributed by atoms with E-state index in [1.54, 1.807) is 48.8 Å². The maximum Gasteiger partial charge on any atom is 0.298 e. The van der Waals surface area contributed by atoms with Crippen LogP contribution < -0.4 is 4.90 Å². The molecule has 0 unspecified atom stereocenters. The molecule has 104 valence electrons. The third kappa shape index (κ3) is 2.70. The molecule has 21 heavy (non-hydrogen) atoms. The molecule has 1 fully saturated rings. The summed E-state index contributed by atoms with van der Waals surface area (Å²) in [6.07, 6.45) is 4.92. The molecule has 0 bridgehead atoms. The minimum atomic E-state index is -0.373. The Morgan fingerprint density at radius 1 is 1.14 bits per heavy atom. The Bertz CT molecular complexity index is 746. The van der Waals surface area contributed by atoms with E-state index >= 15 is 0 Å². The molecular formula is C15H9ClN2O2S. The van der Waals surface area contributed by atoms with Crippen LogP contribution in [-0.2, 0) is 4.79 Å². The van der Waals surface area contributed by atoms with Gasteiger partial charge in [0, 0.05) is 12.4 Å². The van der Waals surface area contributed by atoms with Gasteiger partial charge < -0.3 is 0 Å². The lowest BCUT2D eigenvalue weighted by Crippen LogP contribution is -2.27. The van der Waals surface area contributed by atoms with Gasteiger partial charge >= 0.3 is 0 Å². The molecule has 0 spiro atoms. The van der Waals surface area contributed by atoms with Gasteiger partial charge in [0.2, 0.25) is 0 Å². The van der Waals surface area contributed by atoms with Crippen LogP contribution in [0, 0.1) is 0 Å². The molecule has 4 nitrogen and oxygen atoms in total. The SMILES string of the molecule is O=C1S/C(=C/c2cccnc2)C(=O)N1c1ccccc1Cl. The van der Waals surface area contributed by atoms with Crippen LogP contribution in [0.4, 0.5) is 10.5 Å². The zero-order valence-electron chi connectivity index (χ0n) is 10.7. The standard InChI is InChI=1S/C15H9ClN2O2S/c16-11-5-1-2-6-12(11)18-14(19)13(21-15(18)20)8-10-4-3-7-17-9-10/h1-9H/b13-8+. The molecule has 1 aromatic carbocycles. The summed E-state index contributed by atoms with van der Waals surface area (Å²) in [5, 5.41) is 0.00525. The van der Waals surface area contributed by atoms with Gasteiger partial charge in [0.1, 0.15) is 0 Å². The predicted octanol–water partition coefficient (Wildman–Crippen LogP) is 3.98. The summed E-state index contributed by atoms with van der Waals surface area (Å²) in [5.74, 6) is -0.373. The van der Waals surface area contributed by atoms with Gasteiger partial charge in [0.15, 0.2) is 0 Å². The molecule has 1 saturated heterocycles. The van der Waals surface area contributed by atoms with E-state index in [4.69, 9.17) is 11.6 Å². The number of benzene rings is 1. The van der Waals surface area contributed by atoms with Gasteiger partial charge in [-0.1, -0.05) is 29.8 Å². The monoisotopic (exact) mass is 316 g/mol. The highest BCUT2D eigenvalue weighted by Gasteiger charge is 2.37. The lowest BCUT2D eigenvalue weighted by atomic mass is 10.2. The van der Waals surface area contributed by atoms with Crippen LogP contribution in [0.5, 0.6) is 0 Å². The number of aromatic nitrogens is 1. The average Bonchev–Trinajstić information content (AvgIpc) is 2.76. The number of carbonyl (C=O) groups is 2. The fourth-order valence-electron chi connectivity index (χ4n) is 1.92. The van der Waals surface area contributed by atoms with Crippen molar-refractivity contribution in [1.29, 1.82) is 0 Å². The predicted molar refractivity (Wildman–Crippen MR) is 84.1 cm³/mol. The van der Waals surface area contributed by atoms with Crippen molar-refractivity contribution in [3.63, 3.8) is 0 Å². The highest BCUT2D eigenvalue weighted by molar-refractivity contribution is 8.19. The fraction of sp³-hybridized carbons (Fsp3) is 0. The Labute approximate surface area is 130 Å². The Balaban J connectivity index is 1.97. The number of carbonyl (C=O) groups excluding carboxylic acids is 2. The molecule has 2 amide bonds. The molecule has 3 rings (SSSR count). The lowest BCUT2D eigenvalue weighted by Gasteiger charge is -2.13. The van der Waals surface area contributed by atoms with Gasteiger partial charge in [-0.2, -0.15) is 0 Å². The number of anilines is 1. The first-order valence-electron chi connectivity index (χ1n) is 6.09. The minimum absolute atomic E-state index is 0.355. The molecule has 0 N–H and O–H groups in total. The van der Waals surface area contributed by atoms with Crippen molar-refractivity contribution < 1.29 is 9.59 Å². The first kappa shape index (κ1) is 13.9. The number of hydrogen-bond donors (Lipinski definition) is 0. The summed E-state index contributed by atoms with van der Waals surface area (Å²) in [7, 11) is 0. The van der Waals surface area contributed by atoms with Crippen LogP contribution in [0.1, 0.15) is 5.56 Å². The number of pyridine rings is 1. The van der Waals surface area contributed by atoms with Gasteiger partial charge in [-0.05, 0) is 41.6 Å². The van der Waals surface area contributed by atoms with E-state index < -0.39 is 0 Å². The van der Waals surface area contributed by atoms with Gasteiger partial charge in [0.25, 0.3) is 11.1 Å². The lowest BCUT2D eigenvalue weighted by molar-refractivity contribution is -0.113. The smallest absolute Gasteiger partial charge is 0.268 e. The van der Waals surface area contributed by atoms with Gasteiger partial charge in [-0.25, -0.2) is 4.90 Å². The van der Waals surface area contributed by atoms with Gasteiger partial charge in [-0.15, -0.1) is 0 Å². The molecule has 1 aromatic heterocycles. The number of halogens is 1. The number of imide groups is 1. The van der Waals surface area contributed by atoms with Crippen molar-refractivity contribution >= 4 is 46.3 Å². The zero-order valence-corrected chi connectivity index (χ0v) is 12.3. The van der Waals surface area contributed by atoms with Gasteiger partial charge in [0.05, 0.1) is 15.6 Å². The molecule has 0 saturated carbocycles. The van der Waals surface area contributed by atoms with Crippen molar-refractivity contribution in [2.24, 2.45) is 0 Å². The largest absolute Gasteiger partial charge is 0.298 e. The first-order valence-corrected chi connectivity index (χ1v) is 7.29. The van der Waals surface area contributed by atoms with E-state index in [1.165, 1.54) is 0 Å². The summed E-state index contributed by atoms with van der Waals surface area (Å²) in [6.45, 7) is 0. The Hall–Kier alpha value is -2.11. The number of nitrogens with zero attached hydrogens (tertiary/aromatic N) is 2. The van der Waals surface area contributed by atoms with Crippen molar-refractivity contribution in [2.75, 3.05) is 4.90 Å². The van der Waals surface area contributed by atoms with Crippen LogP contribution in [-0.4, -0.2) is 16.1 Å². The third-order valence-corrected chi connectivity index (χ3v) is 4.06. The van der Waals surface area contributed by atoms with Gasteiger partial charge in [-0.3, -0.25) is 14.6 Å². The normalized spacial score (nSPS) is 16.8. The molecule has 6 heteroatoms. The summed E-state index contributed by atoms with van der Waals surface area (Å²) < 4.78 is 0. The van der Waals surface area contributed by atoms with E-state index in [9.17, 15) is 9.59 Å². The molecule has 1 aliphatic heterocycles. The maximum atomic E-state index is 12.4. The van der Waals surface area contributed by atoms with Crippen molar-refractivity contribution in [2.45, 2.75) is 0 Å². The quantitative estimate of drug-likeness (QED) is 0.786. The van der Waals surface area contributed by atoms with Crippen LogP contribution in [0.25, 0.3) is 6.08 Å². The number of rotatable bonds is 2. The average molecular weight is 317 g/mol. The highest BCUT2D eigenvalue weighted by Crippen LogP contribution is 2.38. The molecule has 2 aromatic rings. The van der Waals surface area contributed by atoms with E-state index in [0.29, 0.717) is 15.6 Å².